The molecule has 0 radical (unpaired) electrons. The van der Waals surface area contributed by atoms with Crippen molar-refractivity contribution in [3.8, 4) is 0 Å². The van der Waals surface area contributed by atoms with E-state index in [0.717, 1.165) is 5.56 Å². The van der Waals surface area contributed by atoms with Gasteiger partial charge in [-0.05, 0) is 16.5 Å². The lowest BCUT2D eigenvalue weighted by Crippen LogP contribution is -2.35. The van der Waals surface area contributed by atoms with Crippen molar-refractivity contribution in [3.63, 3.8) is 0 Å². The molecule has 1 rings (SSSR count). The Morgan fingerprint density at radius 3 is 2.40 bits per heavy atom. The fraction of sp³-hybridized carbons (Fsp3) is 0.471. The summed E-state index contributed by atoms with van der Waals surface area (Å²) in [5.74, 6) is 0.0896. The molecule has 0 saturated carbocycles. The third kappa shape index (κ3) is 5.17. The molecule has 0 fully saturated rings. The molecule has 1 N–H and O–H groups in total. The molecule has 0 aliphatic heterocycles. The number of carbonyl (C=O) groups is 1. The average molecular weight is 274 g/mol. The van der Waals surface area contributed by atoms with E-state index in [1.807, 2.05) is 7.05 Å². The van der Waals surface area contributed by atoms with Crippen molar-refractivity contribution in [3.05, 3.63) is 48.0 Å². The predicted molar refractivity (Wildman–Crippen MR) is 84.7 cm³/mol. The van der Waals surface area contributed by atoms with Crippen molar-refractivity contribution in [2.24, 2.45) is 0 Å². The van der Waals surface area contributed by atoms with Crippen LogP contribution in [0.5, 0.6) is 0 Å². The van der Waals surface area contributed by atoms with Gasteiger partial charge in [0.25, 0.3) is 0 Å². The molecule has 0 aliphatic carbocycles. The minimum atomic E-state index is 0.0896. The van der Waals surface area contributed by atoms with E-state index >= 15 is 0 Å². The molecule has 0 aliphatic rings. The second-order valence-corrected chi connectivity index (χ2v) is 6.12. The number of hydrogen-bond donors (Lipinski definition) is 1. The summed E-state index contributed by atoms with van der Waals surface area (Å²) < 4.78 is 0. The standard InChI is InChI=1S/C17H26N2O/c1-6-11-18-12-16(20)19(5)13-14-7-9-15(10-8-14)17(2,3)4/h6-10,18H,1,11-13H2,2-5H3. The fourth-order valence-corrected chi connectivity index (χ4v) is 1.89. The quantitative estimate of drug-likeness (QED) is 0.639. The molecule has 110 valence electrons. The van der Waals surface area contributed by atoms with E-state index in [1.165, 1.54) is 5.56 Å². The van der Waals surface area contributed by atoms with Crippen molar-refractivity contribution in [1.82, 2.24) is 10.2 Å². The number of likely N-dealkylation sites (N-methyl/N-ethyl adjacent to an activating group) is 1. The van der Waals surface area contributed by atoms with Gasteiger partial charge in [-0.25, -0.2) is 0 Å². The first-order valence-electron chi connectivity index (χ1n) is 6.99. The van der Waals surface area contributed by atoms with Crippen molar-refractivity contribution >= 4 is 5.91 Å². The summed E-state index contributed by atoms with van der Waals surface area (Å²) in [6, 6.07) is 8.48. The van der Waals surface area contributed by atoms with Crippen LogP contribution in [0.1, 0.15) is 31.9 Å². The van der Waals surface area contributed by atoms with Crippen LogP contribution in [0.25, 0.3) is 0 Å². The summed E-state index contributed by atoms with van der Waals surface area (Å²) in [7, 11) is 1.83. The zero-order valence-electron chi connectivity index (χ0n) is 13.1. The van der Waals surface area contributed by atoms with E-state index in [-0.39, 0.29) is 11.3 Å². The van der Waals surface area contributed by atoms with E-state index in [2.05, 4.69) is 56.9 Å². The van der Waals surface area contributed by atoms with Crippen molar-refractivity contribution < 1.29 is 4.79 Å². The van der Waals surface area contributed by atoms with Crippen LogP contribution < -0.4 is 5.32 Å². The van der Waals surface area contributed by atoms with Crippen LogP contribution >= 0.6 is 0 Å². The van der Waals surface area contributed by atoms with Crippen LogP contribution in [0.4, 0.5) is 0 Å². The lowest BCUT2D eigenvalue weighted by Gasteiger charge is -2.21. The van der Waals surface area contributed by atoms with E-state index in [0.29, 0.717) is 19.6 Å². The lowest BCUT2D eigenvalue weighted by atomic mass is 9.87. The Morgan fingerprint density at radius 2 is 1.90 bits per heavy atom. The van der Waals surface area contributed by atoms with Crippen LogP contribution in [0.3, 0.4) is 0 Å². The maximum Gasteiger partial charge on any atom is 0.236 e. The van der Waals surface area contributed by atoms with Crippen molar-refractivity contribution in [2.75, 3.05) is 20.1 Å². The third-order valence-electron chi connectivity index (χ3n) is 3.23. The number of hydrogen-bond acceptors (Lipinski definition) is 2. The monoisotopic (exact) mass is 274 g/mol. The molecule has 3 nitrogen and oxygen atoms in total. The summed E-state index contributed by atoms with van der Waals surface area (Å²) in [5.41, 5.74) is 2.62. The van der Waals surface area contributed by atoms with Gasteiger partial charge in [0.05, 0.1) is 6.54 Å². The number of carbonyl (C=O) groups excluding carboxylic acids is 1. The largest absolute Gasteiger partial charge is 0.340 e. The Hall–Kier alpha value is -1.61. The fourth-order valence-electron chi connectivity index (χ4n) is 1.89. The molecule has 0 saturated heterocycles. The normalized spacial score (nSPS) is 11.2. The second kappa shape index (κ2) is 7.25. The van der Waals surface area contributed by atoms with E-state index < -0.39 is 0 Å². The molecule has 0 unspecified atom stereocenters. The highest BCUT2D eigenvalue weighted by molar-refractivity contribution is 5.77. The Morgan fingerprint density at radius 1 is 1.30 bits per heavy atom. The van der Waals surface area contributed by atoms with Gasteiger partial charge >= 0.3 is 0 Å². The minimum absolute atomic E-state index is 0.0896. The topological polar surface area (TPSA) is 32.3 Å². The summed E-state index contributed by atoms with van der Waals surface area (Å²) in [5, 5.41) is 3.02. The molecule has 0 heterocycles. The van der Waals surface area contributed by atoms with E-state index in [9.17, 15) is 4.79 Å². The van der Waals surface area contributed by atoms with Crippen LogP contribution in [-0.4, -0.2) is 30.9 Å². The molecule has 0 spiro atoms. The zero-order valence-corrected chi connectivity index (χ0v) is 13.1. The van der Waals surface area contributed by atoms with Gasteiger partial charge in [-0.1, -0.05) is 51.1 Å². The average Bonchev–Trinajstić information content (AvgIpc) is 2.38. The Labute approximate surface area is 122 Å². The summed E-state index contributed by atoms with van der Waals surface area (Å²) in [6.07, 6.45) is 1.75. The Kier molecular flexibility index (Phi) is 5.96. The molecule has 1 aromatic rings. The van der Waals surface area contributed by atoms with Crippen molar-refractivity contribution in [2.45, 2.75) is 32.7 Å². The van der Waals surface area contributed by atoms with Gasteiger partial charge in [0.15, 0.2) is 0 Å². The van der Waals surface area contributed by atoms with Gasteiger partial charge in [-0.3, -0.25) is 4.79 Å². The maximum absolute atomic E-state index is 11.9. The zero-order chi connectivity index (χ0) is 15.2. The van der Waals surface area contributed by atoms with Gasteiger partial charge in [-0.2, -0.15) is 0 Å². The third-order valence-corrected chi connectivity index (χ3v) is 3.23. The van der Waals surface area contributed by atoms with Crippen LogP contribution in [0.2, 0.25) is 0 Å². The number of nitrogens with zero attached hydrogens (tertiary/aromatic N) is 1. The second-order valence-electron chi connectivity index (χ2n) is 6.12. The van der Waals surface area contributed by atoms with Gasteiger partial charge in [-0.15, -0.1) is 6.58 Å². The Balaban J connectivity index is 2.55. The summed E-state index contributed by atoms with van der Waals surface area (Å²) in [6.45, 7) is 11.8. The molecule has 1 aromatic carbocycles. The molecule has 1 amide bonds. The molecule has 3 heteroatoms. The molecule has 20 heavy (non-hydrogen) atoms. The summed E-state index contributed by atoms with van der Waals surface area (Å²) >= 11 is 0. The first-order chi connectivity index (χ1) is 9.34. The molecule has 0 aromatic heterocycles. The minimum Gasteiger partial charge on any atom is -0.340 e. The van der Waals surface area contributed by atoms with Gasteiger partial charge < -0.3 is 10.2 Å². The first kappa shape index (κ1) is 16.4. The molecular weight excluding hydrogens is 248 g/mol. The molecule has 0 atom stereocenters. The molecule has 0 bridgehead atoms. The smallest absolute Gasteiger partial charge is 0.236 e. The lowest BCUT2D eigenvalue weighted by molar-refractivity contribution is -0.129. The highest BCUT2D eigenvalue weighted by Gasteiger charge is 2.13. The SMILES string of the molecule is C=CCNCC(=O)N(C)Cc1ccc(C(C)(C)C)cc1. The van der Waals surface area contributed by atoms with Crippen LogP contribution in [0.15, 0.2) is 36.9 Å². The van der Waals surface area contributed by atoms with E-state index in [4.69, 9.17) is 0 Å². The maximum atomic E-state index is 11.9. The predicted octanol–water partition coefficient (Wildman–Crippen LogP) is 2.72. The van der Waals surface area contributed by atoms with Crippen LogP contribution in [-0.2, 0) is 16.8 Å². The van der Waals surface area contributed by atoms with Crippen LogP contribution in [0, 0.1) is 0 Å². The molecular formula is C17H26N2O. The number of nitrogens with one attached hydrogen (secondary N) is 1. The van der Waals surface area contributed by atoms with Crippen molar-refractivity contribution in [1.29, 1.82) is 0 Å². The van der Waals surface area contributed by atoms with E-state index in [1.54, 1.807) is 11.0 Å². The first-order valence-corrected chi connectivity index (χ1v) is 6.99. The van der Waals surface area contributed by atoms with Gasteiger partial charge in [0.1, 0.15) is 0 Å². The van der Waals surface area contributed by atoms with Gasteiger partial charge in [0, 0.05) is 20.1 Å². The number of benzene rings is 1. The number of amides is 1. The number of rotatable bonds is 6. The van der Waals surface area contributed by atoms with Gasteiger partial charge in [0.2, 0.25) is 5.91 Å². The highest BCUT2D eigenvalue weighted by atomic mass is 16.2. The highest BCUT2D eigenvalue weighted by Crippen LogP contribution is 2.22. The summed E-state index contributed by atoms with van der Waals surface area (Å²) in [4.78, 5) is 13.6. The Bertz CT molecular complexity index is 443.